The van der Waals surface area contributed by atoms with E-state index in [9.17, 15) is 27.9 Å². The number of hydrogen-bond donors (Lipinski definition) is 1. The molecule has 0 saturated carbocycles. The minimum Gasteiger partial charge on any atom is -0.530 e. The van der Waals surface area contributed by atoms with E-state index in [4.69, 9.17) is 10.00 Å². The zero-order chi connectivity index (χ0) is 25.7. The molecule has 9 nitrogen and oxygen atoms in total. The molecule has 182 valence electrons. The number of rotatable bonds is 7. The van der Waals surface area contributed by atoms with Gasteiger partial charge in [0, 0.05) is 17.7 Å². The van der Waals surface area contributed by atoms with Crippen LogP contribution < -0.4 is 19.9 Å². The second-order valence-electron chi connectivity index (χ2n) is 8.02. The molecule has 0 bridgehead atoms. The Labute approximate surface area is 193 Å². The molecular formula is C22H22F3N4O5-. The van der Waals surface area contributed by atoms with Gasteiger partial charge in [-0.3, -0.25) is 4.79 Å². The quantitative estimate of drug-likeness (QED) is 0.640. The maximum atomic E-state index is 12.7. The van der Waals surface area contributed by atoms with E-state index in [2.05, 4.69) is 15.0 Å². The number of hydrogen-bond acceptors (Lipinski definition) is 7. The summed E-state index contributed by atoms with van der Waals surface area (Å²) in [6.07, 6.45) is -5.03. The molecule has 34 heavy (non-hydrogen) atoms. The van der Waals surface area contributed by atoms with Gasteiger partial charge in [0.15, 0.2) is 5.75 Å². The first-order valence-electron chi connectivity index (χ1n) is 10.00. The Hall–Kier alpha value is -4.01. The largest absolute Gasteiger partial charge is 0.573 e. The molecule has 1 aromatic heterocycles. The lowest BCUT2D eigenvalue weighted by Gasteiger charge is -2.42. The number of nitrogens with zero attached hydrogens (tertiary/aromatic N) is 3. The van der Waals surface area contributed by atoms with Crippen LogP contribution in [0.2, 0.25) is 0 Å². The number of amides is 2. The van der Waals surface area contributed by atoms with Crippen molar-refractivity contribution in [3.05, 3.63) is 42.1 Å². The highest BCUT2D eigenvalue weighted by atomic mass is 19.4. The summed E-state index contributed by atoms with van der Waals surface area (Å²) < 4.78 is 46.9. The Morgan fingerprint density at radius 2 is 1.91 bits per heavy atom. The van der Waals surface area contributed by atoms with Crippen LogP contribution in [0, 0.1) is 11.3 Å². The van der Waals surface area contributed by atoms with Gasteiger partial charge in [-0.05, 0) is 45.4 Å². The van der Waals surface area contributed by atoms with Crippen LogP contribution in [0.15, 0.2) is 36.5 Å². The van der Waals surface area contributed by atoms with Crippen LogP contribution in [-0.4, -0.2) is 39.8 Å². The molecule has 1 atom stereocenters. The third-order valence-electron chi connectivity index (χ3n) is 4.45. The molecule has 0 aliphatic carbocycles. The minimum atomic E-state index is -4.99. The highest BCUT2D eigenvalue weighted by Crippen LogP contribution is 2.31. The minimum absolute atomic E-state index is 0.0150. The summed E-state index contributed by atoms with van der Waals surface area (Å²) in [5, 5.41) is 23.1. The second-order valence-corrected chi connectivity index (χ2v) is 8.02. The summed E-state index contributed by atoms with van der Waals surface area (Å²) in [7, 11) is 0. The van der Waals surface area contributed by atoms with Crippen molar-refractivity contribution in [3.8, 4) is 23.4 Å². The SMILES string of the molecule is CC[C@H](C(=O)Nc1ccc(Oc2ccc(C#N)c(OC(F)(F)F)c2)nc1)N(C(=O)[O-])C(C)(C)C. The number of pyridine rings is 1. The fourth-order valence-electron chi connectivity index (χ4n) is 3.08. The van der Waals surface area contributed by atoms with Crippen molar-refractivity contribution in [2.24, 2.45) is 0 Å². The molecule has 1 N–H and O–H groups in total. The van der Waals surface area contributed by atoms with Crippen LogP contribution in [0.25, 0.3) is 0 Å². The Balaban J connectivity index is 2.15. The lowest BCUT2D eigenvalue weighted by Crippen LogP contribution is -2.59. The fraction of sp³-hybridized carbons (Fsp3) is 0.364. The van der Waals surface area contributed by atoms with Crippen LogP contribution >= 0.6 is 0 Å². The van der Waals surface area contributed by atoms with Crippen molar-refractivity contribution in [2.75, 3.05) is 5.32 Å². The maximum absolute atomic E-state index is 12.7. The van der Waals surface area contributed by atoms with Gasteiger partial charge in [-0.1, -0.05) is 6.92 Å². The molecule has 0 aliphatic heterocycles. The van der Waals surface area contributed by atoms with Crippen LogP contribution in [0.5, 0.6) is 17.4 Å². The molecule has 1 heterocycles. The van der Waals surface area contributed by atoms with Gasteiger partial charge >= 0.3 is 6.36 Å². The van der Waals surface area contributed by atoms with Gasteiger partial charge in [-0.15, -0.1) is 13.2 Å². The van der Waals surface area contributed by atoms with Gasteiger partial charge in [0.1, 0.15) is 24.0 Å². The molecule has 0 radical (unpaired) electrons. The van der Waals surface area contributed by atoms with Crippen molar-refractivity contribution in [2.45, 2.75) is 52.1 Å². The zero-order valence-corrected chi connectivity index (χ0v) is 18.8. The summed E-state index contributed by atoms with van der Waals surface area (Å²) >= 11 is 0. The number of aromatic nitrogens is 1. The third-order valence-corrected chi connectivity index (χ3v) is 4.45. The van der Waals surface area contributed by atoms with E-state index in [-0.39, 0.29) is 29.3 Å². The Morgan fingerprint density at radius 1 is 1.24 bits per heavy atom. The van der Waals surface area contributed by atoms with Crippen molar-refractivity contribution < 1.29 is 37.3 Å². The van der Waals surface area contributed by atoms with Crippen LogP contribution in [0.3, 0.4) is 0 Å². The van der Waals surface area contributed by atoms with Crippen molar-refractivity contribution in [1.82, 2.24) is 9.88 Å². The van der Waals surface area contributed by atoms with Crippen molar-refractivity contribution in [1.29, 1.82) is 5.26 Å². The number of halogens is 3. The first kappa shape index (κ1) is 26.2. The van der Waals surface area contributed by atoms with Crippen molar-refractivity contribution in [3.63, 3.8) is 0 Å². The molecule has 1 aromatic carbocycles. The van der Waals surface area contributed by atoms with E-state index in [0.29, 0.717) is 0 Å². The van der Waals surface area contributed by atoms with Gasteiger partial charge in [-0.25, -0.2) is 4.98 Å². The predicted molar refractivity (Wildman–Crippen MR) is 112 cm³/mol. The molecule has 0 fully saturated rings. The van der Waals surface area contributed by atoms with E-state index in [1.54, 1.807) is 33.8 Å². The number of carbonyl (C=O) groups is 2. The monoisotopic (exact) mass is 479 g/mol. The molecule has 2 aromatic rings. The van der Waals surface area contributed by atoms with Gasteiger partial charge in [0.2, 0.25) is 11.8 Å². The third kappa shape index (κ3) is 6.99. The lowest BCUT2D eigenvalue weighted by molar-refractivity contribution is -0.275. The molecule has 0 aliphatic rings. The number of anilines is 1. The number of alkyl halides is 3. The van der Waals surface area contributed by atoms with Gasteiger partial charge in [0.05, 0.1) is 17.4 Å². The number of nitrogens with one attached hydrogen (secondary N) is 1. The second kappa shape index (κ2) is 10.3. The average molecular weight is 479 g/mol. The molecule has 0 spiro atoms. The summed E-state index contributed by atoms with van der Waals surface area (Å²) in [4.78, 5) is 29.2. The van der Waals surface area contributed by atoms with Gasteiger partial charge < -0.3 is 29.6 Å². The van der Waals surface area contributed by atoms with E-state index in [0.717, 1.165) is 17.0 Å². The van der Waals surface area contributed by atoms with Gasteiger partial charge in [0.25, 0.3) is 0 Å². The number of ether oxygens (including phenoxy) is 2. The Morgan fingerprint density at radius 3 is 2.38 bits per heavy atom. The first-order chi connectivity index (χ1) is 15.7. The summed E-state index contributed by atoms with van der Waals surface area (Å²) in [6.45, 7) is 6.58. The Bertz CT molecular complexity index is 1080. The number of benzene rings is 1. The van der Waals surface area contributed by atoms with E-state index < -0.39 is 35.7 Å². The average Bonchev–Trinajstić information content (AvgIpc) is 2.71. The van der Waals surface area contributed by atoms with E-state index in [1.165, 1.54) is 24.4 Å². The summed E-state index contributed by atoms with van der Waals surface area (Å²) in [5.74, 6) is -1.39. The first-order valence-corrected chi connectivity index (χ1v) is 10.00. The lowest BCUT2D eigenvalue weighted by atomic mass is 10.0. The molecular weight excluding hydrogens is 457 g/mol. The highest BCUT2D eigenvalue weighted by Gasteiger charge is 2.33. The summed E-state index contributed by atoms with van der Waals surface area (Å²) in [5.41, 5.74) is -0.964. The van der Waals surface area contributed by atoms with Crippen LogP contribution in [-0.2, 0) is 4.79 Å². The molecule has 0 unspecified atom stereocenters. The normalized spacial score (nSPS) is 12.3. The smallest absolute Gasteiger partial charge is 0.530 e. The fourth-order valence-corrected chi connectivity index (χ4v) is 3.08. The number of carboxylic acid groups (broad SMARTS) is 1. The van der Waals surface area contributed by atoms with E-state index >= 15 is 0 Å². The standard InChI is InChI=1S/C22H23F3N4O5/c1-5-16(29(20(31)32)21(2,3)4)19(30)28-14-7-9-18(27-12-14)33-15-8-6-13(11-26)17(10-15)34-22(23,24)25/h6-10,12,16H,5H2,1-4H3,(H,28,30)(H,31,32)/p-1/t16-/m1/s1. The number of carbonyl (C=O) groups excluding carboxylic acids is 2. The highest BCUT2D eigenvalue weighted by molar-refractivity contribution is 5.96. The Kier molecular flexibility index (Phi) is 7.94. The summed E-state index contributed by atoms with van der Waals surface area (Å²) in [6, 6.07) is 6.63. The van der Waals surface area contributed by atoms with Crippen molar-refractivity contribution >= 4 is 17.7 Å². The van der Waals surface area contributed by atoms with E-state index in [1.807, 2.05) is 0 Å². The van der Waals surface area contributed by atoms with Crippen LogP contribution in [0.1, 0.15) is 39.7 Å². The molecule has 0 saturated heterocycles. The number of nitriles is 1. The maximum Gasteiger partial charge on any atom is 0.573 e. The van der Waals surface area contributed by atoms with Crippen LogP contribution in [0.4, 0.5) is 23.7 Å². The topological polar surface area (TPSA) is 128 Å². The molecule has 2 amide bonds. The zero-order valence-electron chi connectivity index (χ0n) is 18.8. The molecule has 2 rings (SSSR count). The van der Waals surface area contributed by atoms with Gasteiger partial charge in [-0.2, -0.15) is 5.26 Å². The predicted octanol–water partition coefficient (Wildman–Crippen LogP) is 3.81. The molecule has 12 heteroatoms.